The van der Waals surface area contributed by atoms with Crippen LogP contribution >= 0.6 is 15.9 Å². The summed E-state index contributed by atoms with van der Waals surface area (Å²) in [6.07, 6.45) is 2.42. The van der Waals surface area contributed by atoms with Gasteiger partial charge in [0.1, 0.15) is 11.3 Å². The molecule has 0 atom stereocenters. The lowest BCUT2D eigenvalue weighted by Gasteiger charge is -2.13. The second kappa shape index (κ2) is 4.67. The molecular formula is C15H15BrO3. The molecule has 1 fully saturated rings. The van der Waals surface area contributed by atoms with Gasteiger partial charge in [-0.05, 0) is 37.5 Å². The van der Waals surface area contributed by atoms with Gasteiger partial charge in [-0.1, -0.05) is 15.9 Å². The minimum Gasteiger partial charge on any atom is -0.493 e. The monoisotopic (exact) mass is 322 g/mol. The summed E-state index contributed by atoms with van der Waals surface area (Å²) < 4.78 is 11.0. The van der Waals surface area contributed by atoms with Gasteiger partial charge in [0, 0.05) is 28.3 Å². The summed E-state index contributed by atoms with van der Waals surface area (Å²) in [4.78, 5) is 11.4. The second-order valence-corrected chi connectivity index (χ2v) is 5.89. The summed E-state index contributed by atoms with van der Waals surface area (Å²) in [7, 11) is 0. The number of ether oxygens (including phenoxy) is 1. The zero-order valence-electron chi connectivity index (χ0n) is 10.7. The molecule has 1 saturated carbocycles. The lowest BCUT2D eigenvalue weighted by Crippen LogP contribution is -2.14. The molecule has 1 aliphatic carbocycles. The van der Waals surface area contributed by atoms with Crippen molar-refractivity contribution in [3.8, 4) is 5.75 Å². The predicted octanol–water partition coefficient (Wildman–Crippen LogP) is 3.66. The SMILES string of the molecule is Cc1cc(=O)oc2cc(OCC3(CBr)CC3)ccc12. The van der Waals surface area contributed by atoms with Crippen LogP contribution < -0.4 is 10.4 Å². The van der Waals surface area contributed by atoms with Gasteiger partial charge in [0.15, 0.2) is 0 Å². The maximum Gasteiger partial charge on any atom is 0.336 e. The quantitative estimate of drug-likeness (QED) is 0.637. The van der Waals surface area contributed by atoms with Crippen LogP contribution in [0.15, 0.2) is 33.5 Å². The third-order valence-electron chi connectivity index (χ3n) is 3.71. The highest BCUT2D eigenvalue weighted by Crippen LogP contribution is 2.47. The van der Waals surface area contributed by atoms with Gasteiger partial charge in [-0.25, -0.2) is 4.79 Å². The van der Waals surface area contributed by atoms with Gasteiger partial charge in [0.05, 0.1) is 6.61 Å². The molecule has 2 aromatic rings. The number of hydrogen-bond donors (Lipinski definition) is 0. The smallest absolute Gasteiger partial charge is 0.336 e. The molecule has 3 nitrogen and oxygen atoms in total. The van der Waals surface area contributed by atoms with Crippen molar-refractivity contribution in [1.29, 1.82) is 0 Å². The topological polar surface area (TPSA) is 39.4 Å². The molecule has 100 valence electrons. The maximum atomic E-state index is 11.4. The maximum absolute atomic E-state index is 11.4. The van der Waals surface area contributed by atoms with Crippen LogP contribution in [0.2, 0.25) is 0 Å². The van der Waals surface area contributed by atoms with Crippen LogP contribution in [0.1, 0.15) is 18.4 Å². The van der Waals surface area contributed by atoms with Gasteiger partial charge >= 0.3 is 5.63 Å². The van der Waals surface area contributed by atoms with Crippen molar-refractivity contribution in [3.05, 3.63) is 40.2 Å². The van der Waals surface area contributed by atoms with E-state index in [0.717, 1.165) is 22.0 Å². The van der Waals surface area contributed by atoms with Gasteiger partial charge in [-0.2, -0.15) is 0 Å². The summed E-state index contributed by atoms with van der Waals surface area (Å²) in [5.74, 6) is 0.758. The molecule has 0 bridgehead atoms. The fourth-order valence-corrected chi connectivity index (χ4v) is 2.85. The number of fused-ring (bicyclic) bond motifs is 1. The second-order valence-electron chi connectivity index (χ2n) is 5.33. The first kappa shape index (κ1) is 12.7. The average molecular weight is 323 g/mol. The minimum absolute atomic E-state index is 0.308. The zero-order valence-corrected chi connectivity index (χ0v) is 12.3. The van der Waals surface area contributed by atoms with Gasteiger partial charge in [0.2, 0.25) is 0 Å². The van der Waals surface area contributed by atoms with E-state index in [-0.39, 0.29) is 5.63 Å². The Morgan fingerprint density at radius 2 is 2.16 bits per heavy atom. The fraction of sp³-hybridized carbons (Fsp3) is 0.400. The molecular weight excluding hydrogens is 308 g/mol. The van der Waals surface area contributed by atoms with E-state index in [1.807, 2.05) is 19.1 Å². The zero-order chi connectivity index (χ0) is 13.5. The van der Waals surface area contributed by atoms with Crippen molar-refractivity contribution in [3.63, 3.8) is 0 Å². The molecule has 1 aliphatic rings. The third-order valence-corrected chi connectivity index (χ3v) is 4.90. The molecule has 0 saturated heterocycles. The van der Waals surface area contributed by atoms with Crippen LogP contribution in [0, 0.1) is 12.3 Å². The lowest BCUT2D eigenvalue weighted by molar-refractivity contribution is 0.251. The van der Waals surface area contributed by atoms with Crippen molar-refractivity contribution in [2.24, 2.45) is 5.41 Å². The summed E-state index contributed by atoms with van der Waals surface area (Å²) in [6, 6.07) is 7.18. The predicted molar refractivity (Wildman–Crippen MR) is 78.2 cm³/mol. The van der Waals surface area contributed by atoms with E-state index >= 15 is 0 Å². The summed E-state index contributed by atoms with van der Waals surface area (Å²) in [5.41, 5.74) is 1.51. The van der Waals surface area contributed by atoms with Crippen molar-refractivity contribution in [1.82, 2.24) is 0 Å². The average Bonchev–Trinajstić information content (AvgIpc) is 3.16. The number of benzene rings is 1. The number of rotatable bonds is 4. The Kier molecular flexibility index (Phi) is 3.13. The first-order chi connectivity index (χ1) is 9.12. The highest BCUT2D eigenvalue weighted by atomic mass is 79.9. The Labute approximate surface area is 119 Å². The van der Waals surface area contributed by atoms with Crippen LogP contribution in [0.3, 0.4) is 0 Å². The van der Waals surface area contributed by atoms with E-state index in [1.54, 1.807) is 6.07 Å². The van der Waals surface area contributed by atoms with E-state index in [2.05, 4.69) is 15.9 Å². The van der Waals surface area contributed by atoms with Crippen LogP contribution in [0.4, 0.5) is 0 Å². The molecule has 4 heteroatoms. The Morgan fingerprint density at radius 3 is 2.84 bits per heavy atom. The van der Waals surface area contributed by atoms with E-state index in [1.165, 1.54) is 18.9 Å². The van der Waals surface area contributed by atoms with Crippen molar-refractivity contribution >= 4 is 26.9 Å². The van der Waals surface area contributed by atoms with Crippen LogP contribution in [0.5, 0.6) is 5.75 Å². The van der Waals surface area contributed by atoms with Gasteiger partial charge < -0.3 is 9.15 Å². The Bertz CT molecular complexity index is 671. The van der Waals surface area contributed by atoms with Crippen molar-refractivity contribution in [2.75, 3.05) is 11.9 Å². The molecule has 0 N–H and O–H groups in total. The van der Waals surface area contributed by atoms with E-state index in [4.69, 9.17) is 9.15 Å². The molecule has 1 aromatic heterocycles. The van der Waals surface area contributed by atoms with Crippen LogP contribution in [0.25, 0.3) is 11.0 Å². The first-order valence-corrected chi connectivity index (χ1v) is 7.47. The van der Waals surface area contributed by atoms with Crippen molar-refractivity contribution < 1.29 is 9.15 Å². The van der Waals surface area contributed by atoms with Gasteiger partial charge in [-0.15, -0.1) is 0 Å². The standard InChI is InChI=1S/C15H15BrO3/c1-10-6-14(17)19-13-7-11(2-3-12(10)13)18-9-15(8-16)4-5-15/h2-3,6-7H,4-5,8-9H2,1H3. The highest BCUT2D eigenvalue weighted by Gasteiger charge is 2.42. The van der Waals surface area contributed by atoms with Crippen molar-refractivity contribution in [2.45, 2.75) is 19.8 Å². The molecule has 1 heterocycles. The molecule has 3 rings (SSSR count). The van der Waals surface area contributed by atoms with Gasteiger partial charge in [-0.3, -0.25) is 0 Å². The van der Waals surface area contributed by atoms with E-state index in [9.17, 15) is 4.79 Å². The minimum atomic E-state index is -0.318. The normalized spacial score (nSPS) is 16.5. The van der Waals surface area contributed by atoms with E-state index in [0.29, 0.717) is 17.6 Å². The lowest BCUT2D eigenvalue weighted by atomic mass is 10.1. The largest absolute Gasteiger partial charge is 0.493 e. The van der Waals surface area contributed by atoms with Crippen LogP contribution in [-0.4, -0.2) is 11.9 Å². The summed E-state index contributed by atoms with van der Waals surface area (Å²) >= 11 is 3.53. The summed E-state index contributed by atoms with van der Waals surface area (Å²) in [6.45, 7) is 2.61. The summed E-state index contributed by atoms with van der Waals surface area (Å²) in [5, 5.41) is 1.93. The van der Waals surface area contributed by atoms with Crippen LogP contribution in [-0.2, 0) is 0 Å². The molecule has 0 amide bonds. The molecule has 0 unspecified atom stereocenters. The first-order valence-electron chi connectivity index (χ1n) is 6.35. The molecule has 0 radical (unpaired) electrons. The molecule has 19 heavy (non-hydrogen) atoms. The Morgan fingerprint density at radius 1 is 1.37 bits per heavy atom. The fourth-order valence-electron chi connectivity index (χ4n) is 2.12. The number of alkyl halides is 1. The van der Waals surface area contributed by atoms with Gasteiger partial charge in [0.25, 0.3) is 0 Å². The molecule has 0 spiro atoms. The molecule has 1 aromatic carbocycles. The number of aryl methyl sites for hydroxylation is 1. The Hall–Kier alpha value is -1.29. The number of hydrogen-bond acceptors (Lipinski definition) is 3. The Balaban J connectivity index is 1.87. The third kappa shape index (κ3) is 2.54. The number of halogens is 1. The van der Waals surface area contributed by atoms with E-state index < -0.39 is 0 Å². The highest BCUT2D eigenvalue weighted by molar-refractivity contribution is 9.09. The molecule has 0 aliphatic heterocycles.